The van der Waals surface area contributed by atoms with E-state index >= 15 is 0 Å². The molecule has 1 N–H and O–H groups in total. The molecule has 1 heterocycles. The second kappa shape index (κ2) is 6.15. The van der Waals surface area contributed by atoms with E-state index in [1.165, 1.54) is 24.0 Å². The highest BCUT2D eigenvalue weighted by Gasteiger charge is 2.28. The first-order valence-corrected chi connectivity index (χ1v) is 7.79. The average Bonchev–Trinajstić information content (AvgIpc) is 3.16. The largest absolute Gasteiger partial charge is 0.491 e. The molecule has 1 saturated heterocycles. The summed E-state index contributed by atoms with van der Waals surface area (Å²) in [7, 11) is 0. The number of benzene rings is 1. The number of rotatable bonds is 6. The van der Waals surface area contributed by atoms with Crippen molar-refractivity contribution in [1.82, 2.24) is 5.32 Å². The van der Waals surface area contributed by atoms with E-state index < -0.39 is 0 Å². The van der Waals surface area contributed by atoms with E-state index in [0.29, 0.717) is 12.7 Å². The van der Waals surface area contributed by atoms with Gasteiger partial charge in [-0.1, -0.05) is 6.07 Å². The summed E-state index contributed by atoms with van der Waals surface area (Å²) in [4.78, 5) is 0. The molecule has 3 heteroatoms. The van der Waals surface area contributed by atoms with Crippen molar-refractivity contribution in [2.24, 2.45) is 0 Å². The molecule has 1 aliphatic heterocycles. The molecule has 0 amide bonds. The third-order valence-electron chi connectivity index (χ3n) is 4.32. The first kappa shape index (κ1) is 13.9. The van der Waals surface area contributed by atoms with E-state index in [1.54, 1.807) is 0 Å². The van der Waals surface area contributed by atoms with Crippen LogP contribution in [0, 0.1) is 13.8 Å². The monoisotopic (exact) mass is 275 g/mol. The topological polar surface area (TPSA) is 30.5 Å². The highest BCUT2D eigenvalue weighted by atomic mass is 16.5. The van der Waals surface area contributed by atoms with Crippen molar-refractivity contribution in [3.05, 3.63) is 29.3 Å². The molecule has 2 atom stereocenters. The zero-order chi connectivity index (χ0) is 13.9. The van der Waals surface area contributed by atoms with Crippen LogP contribution in [0.3, 0.4) is 0 Å². The summed E-state index contributed by atoms with van der Waals surface area (Å²) >= 11 is 0. The zero-order valence-electron chi connectivity index (χ0n) is 12.5. The lowest BCUT2D eigenvalue weighted by molar-refractivity contribution is 0.0184. The van der Waals surface area contributed by atoms with Gasteiger partial charge in [0.2, 0.25) is 0 Å². The molecule has 1 aromatic carbocycles. The van der Waals surface area contributed by atoms with Crippen LogP contribution in [0.4, 0.5) is 0 Å². The molecular formula is C17H25NO2. The minimum absolute atomic E-state index is 0.252. The molecule has 0 aromatic heterocycles. The minimum Gasteiger partial charge on any atom is -0.491 e. The van der Waals surface area contributed by atoms with E-state index in [-0.39, 0.29) is 6.10 Å². The lowest BCUT2D eigenvalue weighted by Gasteiger charge is -2.15. The summed E-state index contributed by atoms with van der Waals surface area (Å²) in [6.45, 7) is 5.91. The number of hydrogen-bond donors (Lipinski definition) is 1. The molecular weight excluding hydrogens is 250 g/mol. The van der Waals surface area contributed by atoms with Crippen molar-refractivity contribution in [3.8, 4) is 5.75 Å². The first-order chi connectivity index (χ1) is 9.70. The van der Waals surface area contributed by atoms with Gasteiger partial charge in [0.25, 0.3) is 0 Å². The third kappa shape index (κ3) is 3.74. The Kier molecular flexibility index (Phi) is 4.27. The lowest BCUT2D eigenvalue weighted by Crippen LogP contribution is -2.29. The Labute approximate surface area is 121 Å². The fraction of sp³-hybridized carbons (Fsp3) is 0.647. The summed E-state index contributed by atoms with van der Waals surface area (Å²) in [5.41, 5.74) is 2.59. The van der Waals surface area contributed by atoms with Crippen LogP contribution in [0.2, 0.25) is 0 Å². The number of nitrogens with one attached hydrogen (secondary N) is 1. The van der Waals surface area contributed by atoms with E-state index in [2.05, 4.69) is 31.3 Å². The highest BCUT2D eigenvalue weighted by Crippen LogP contribution is 2.24. The van der Waals surface area contributed by atoms with Crippen LogP contribution < -0.4 is 10.1 Å². The van der Waals surface area contributed by atoms with Gasteiger partial charge in [0, 0.05) is 12.6 Å². The van der Waals surface area contributed by atoms with Gasteiger partial charge in [-0.2, -0.15) is 0 Å². The SMILES string of the molecule is Cc1ccc(OCC2CCC(CNC3CC3)O2)cc1C. The standard InChI is InChI=1S/C17H25NO2/c1-12-3-6-15(9-13(12)2)19-11-17-8-7-16(20-17)10-18-14-4-5-14/h3,6,9,14,16-18H,4-5,7-8,10-11H2,1-2H3. The molecule has 0 radical (unpaired) electrons. The number of ether oxygens (including phenoxy) is 2. The van der Waals surface area contributed by atoms with Gasteiger partial charge in [0.05, 0.1) is 12.2 Å². The van der Waals surface area contributed by atoms with Crippen LogP contribution >= 0.6 is 0 Å². The Morgan fingerprint density at radius 3 is 2.65 bits per heavy atom. The smallest absolute Gasteiger partial charge is 0.119 e. The first-order valence-electron chi connectivity index (χ1n) is 7.79. The van der Waals surface area contributed by atoms with Crippen LogP contribution in [-0.4, -0.2) is 31.4 Å². The van der Waals surface area contributed by atoms with Crippen molar-refractivity contribution in [2.75, 3.05) is 13.2 Å². The molecule has 2 unspecified atom stereocenters. The third-order valence-corrected chi connectivity index (χ3v) is 4.32. The van der Waals surface area contributed by atoms with Crippen molar-refractivity contribution in [2.45, 2.75) is 57.8 Å². The van der Waals surface area contributed by atoms with E-state index in [1.807, 2.05) is 6.07 Å². The van der Waals surface area contributed by atoms with Gasteiger partial charge in [-0.05, 0) is 62.8 Å². The van der Waals surface area contributed by atoms with Crippen LogP contribution in [-0.2, 0) is 4.74 Å². The van der Waals surface area contributed by atoms with Gasteiger partial charge in [-0.15, -0.1) is 0 Å². The predicted octanol–water partition coefficient (Wildman–Crippen LogP) is 2.98. The summed E-state index contributed by atoms with van der Waals surface area (Å²) in [5, 5.41) is 3.54. The van der Waals surface area contributed by atoms with E-state index in [9.17, 15) is 0 Å². The van der Waals surface area contributed by atoms with E-state index in [4.69, 9.17) is 9.47 Å². The van der Waals surface area contributed by atoms with Gasteiger partial charge in [-0.3, -0.25) is 0 Å². The van der Waals surface area contributed by atoms with Gasteiger partial charge in [-0.25, -0.2) is 0 Å². The molecule has 0 spiro atoms. The minimum atomic E-state index is 0.252. The predicted molar refractivity (Wildman–Crippen MR) is 80.3 cm³/mol. The normalized spacial score (nSPS) is 25.9. The van der Waals surface area contributed by atoms with Crippen molar-refractivity contribution in [3.63, 3.8) is 0 Å². The molecule has 2 fully saturated rings. The highest BCUT2D eigenvalue weighted by molar-refractivity contribution is 5.33. The second-order valence-corrected chi connectivity index (χ2v) is 6.20. The number of hydrogen-bond acceptors (Lipinski definition) is 3. The van der Waals surface area contributed by atoms with Gasteiger partial charge in [0.1, 0.15) is 12.4 Å². The molecule has 2 aliphatic rings. The van der Waals surface area contributed by atoms with Crippen LogP contribution in [0.1, 0.15) is 36.8 Å². The molecule has 110 valence electrons. The summed E-state index contributed by atoms with van der Waals surface area (Å²) in [6, 6.07) is 7.03. The summed E-state index contributed by atoms with van der Waals surface area (Å²) in [5.74, 6) is 0.955. The molecule has 20 heavy (non-hydrogen) atoms. The molecule has 0 bridgehead atoms. The maximum atomic E-state index is 6.03. The van der Waals surface area contributed by atoms with Crippen LogP contribution in [0.15, 0.2) is 18.2 Å². The van der Waals surface area contributed by atoms with E-state index in [0.717, 1.165) is 31.2 Å². The quantitative estimate of drug-likeness (QED) is 0.866. The maximum absolute atomic E-state index is 6.03. The zero-order valence-corrected chi connectivity index (χ0v) is 12.5. The molecule has 1 saturated carbocycles. The Morgan fingerprint density at radius 1 is 1.10 bits per heavy atom. The van der Waals surface area contributed by atoms with Gasteiger partial charge < -0.3 is 14.8 Å². The van der Waals surface area contributed by atoms with Crippen molar-refractivity contribution in [1.29, 1.82) is 0 Å². The van der Waals surface area contributed by atoms with Gasteiger partial charge in [0.15, 0.2) is 0 Å². The lowest BCUT2D eigenvalue weighted by atomic mass is 10.1. The Hall–Kier alpha value is -1.06. The summed E-state index contributed by atoms with van der Waals surface area (Å²) < 4.78 is 11.9. The van der Waals surface area contributed by atoms with Crippen LogP contribution in [0.5, 0.6) is 5.75 Å². The second-order valence-electron chi connectivity index (χ2n) is 6.20. The molecule has 3 rings (SSSR count). The Bertz CT molecular complexity index is 456. The Balaban J connectivity index is 1.41. The average molecular weight is 275 g/mol. The van der Waals surface area contributed by atoms with Crippen molar-refractivity contribution < 1.29 is 9.47 Å². The van der Waals surface area contributed by atoms with Crippen molar-refractivity contribution >= 4 is 0 Å². The molecule has 1 aromatic rings. The number of aryl methyl sites for hydroxylation is 2. The maximum Gasteiger partial charge on any atom is 0.119 e. The fourth-order valence-corrected chi connectivity index (χ4v) is 2.63. The molecule has 3 nitrogen and oxygen atoms in total. The fourth-order valence-electron chi connectivity index (χ4n) is 2.63. The summed E-state index contributed by atoms with van der Waals surface area (Å²) in [6.07, 6.45) is 5.58. The molecule has 1 aliphatic carbocycles. The van der Waals surface area contributed by atoms with Crippen LogP contribution in [0.25, 0.3) is 0 Å². The Morgan fingerprint density at radius 2 is 1.90 bits per heavy atom. The van der Waals surface area contributed by atoms with Gasteiger partial charge >= 0.3 is 0 Å².